The third kappa shape index (κ3) is 4.50. The first-order valence-electron chi connectivity index (χ1n) is 11.8. The lowest BCUT2D eigenvalue weighted by atomic mass is 10.1. The van der Waals surface area contributed by atoms with Gasteiger partial charge in [-0.3, -0.25) is 9.78 Å². The summed E-state index contributed by atoms with van der Waals surface area (Å²) in [6, 6.07) is 17.1. The van der Waals surface area contributed by atoms with Gasteiger partial charge in [0, 0.05) is 36.0 Å². The molecule has 37 heavy (non-hydrogen) atoms. The number of carbonyl (C=O) groups excluding carboxylic acids is 1. The minimum absolute atomic E-state index is 0.207. The van der Waals surface area contributed by atoms with Crippen LogP contribution in [0, 0.1) is 0 Å². The second kappa shape index (κ2) is 9.54. The number of imidazole rings is 1. The van der Waals surface area contributed by atoms with Gasteiger partial charge >= 0.3 is 0 Å². The summed E-state index contributed by atoms with van der Waals surface area (Å²) in [5, 5.41) is 8.31. The highest BCUT2D eigenvalue weighted by atomic mass is 16.3. The zero-order chi connectivity index (χ0) is 25.2. The molecule has 0 aliphatic carbocycles. The van der Waals surface area contributed by atoms with Gasteiger partial charge in [-0.2, -0.15) is 5.10 Å². The van der Waals surface area contributed by atoms with Crippen molar-refractivity contribution in [3.63, 3.8) is 0 Å². The van der Waals surface area contributed by atoms with Crippen molar-refractivity contribution in [1.29, 1.82) is 0 Å². The molecule has 6 rings (SSSR count). The minimum atomic E-state index is -0.215. The quantitative estimate of drug-likeness (QED) is 0.345. The number of rotatable bonds is 7. The van der Waals surface area contributed by atoms with Gasteiger partial charge in [0.15, 0.2) is 5.65 Å². The lowest BCUT2D eigenvalue weighted by Crippen LogP contribution is -2.27. The lowest BCUT2D eigenvalue weighted by Gasteiger charge is -2.16. The summed E-state index contributed by atoms with van der Waals surface area (Å²) in [5.74, 6) is 0.540. The minimum Gasteiger partial charge on any atom is -0.467 e. The van der Waals surface area contributed by atoms with E-state index in [-0.39, 0.29) is 11.9 Å². The maximum absolute atomic E-state index is 13.6. The fraction of sp³-hybridized carbons (Fsp3) is 0.107. The first-order valence-corrected chi connectivity index (χ1v) is 11.8. The zero-order valence-corrected chi connectivity index (χ0v) is 20.0. The van der Waals surface area contributed by atoms with E-state index in [4.69, 9.17) is 9.40 Å². The molecule has 0 fully saturated rings. The van der Waals surface area contributed by atoms with Crippen LogP contribution in [0.1, 0.15) is 34.6 Å². The van der Waals surface area contributed by atoms with Crippen LogP contribution < -0.4 is 5.32 Å². The molecular formula is C28H23N7O2. The fourth-order valence-corrected chi connectivity index (χ4v) is 4.27. The summed E-state index contributed by atoms with van der Waals surface area (Å²) in [6.45, 7) is 2.37. The number of carbonyl (C=O) groups is 1. The number of furan rings is 1. The molecule has 9 nitrogen and oxygen atoms in total. The molecule has 0 aliphatic rings. The Hall–Kier alpha value is -5.05. The fourth-order valence-electron chi connectivity index (χ4n) is 4.27. The molecule has 0 spiro atoms. The van der Waals surface area contributed by atoms with Crippen LogP contribution in [-0.4, -0.2) is 35.2 Å². The predicted molar refractivity (Wildman–Crippen MR) is 138 cm³/mol. The van der Waals surface area contributed by atoms with E-state index < -0.39 is 0 Å². The van der Waals surface area contributed by atoms with Gasteiger partial charge in [-0.15, -0.1) is 0 Å². The van der Waals surface area contributed by atoms with Gasteiger partial charge in [-0.25, -0.2) is 14.6 Å². The summed E-state index contributed by atoms with van der Waals surface area (Å²) in [6.07, 6.45) is 12.1. The molecule has 0 aliphatic heterocycles. The average molecular weight is 490 g/mol. The summed E-state index contributed by atoms with van der Waals surface area (Å²) < 4.78 is 9.17. The number of aromatic nitrogens is 6. The number of hydrogen-bond donors (Lipinski definition) is 1. The highest BCUT2D eigenvalue weighted by molar-refractivity contribution is 6.06. The molecule has 1 N–H and O–H groups in total. The van der Waals surface area contributed by atoms with Gasteiger partial charge in [0.05, 0.1) is 41.5 Å². The van der Waals surface area contributed by atoms with E-state index in [0.717, 1.165) is 22.6 Å². The van der Waals surface area contributed by atoms with Crippen molar-refractivity contribution < 1.29 is 9.21 Å². The van der Waals surface area contributed by atoms with Crippen molar-refractivity contribution in [2.75, 3.05) is 0 Å². The molecule has 1 unspecified atom stereocenters. The van der Waals surface area contributed by atoms with Gasteiger partial charge in [-0.05, 0) is 55.0 Å². The molecule has 182 valence electrons. The Morgan fingerprint density at radius 2 is 1.95 bits per heavy atom. The molecule has 5 aromatic heterocycles. The zero-order valence-electron chi connectivity index (χ0n) is 20.0. The summed E-state index contributed by atoms with van der Waals surface area (Å²) >= 11 is 0. The third-order valence-corrected chi connectivity index (χ3v) is 6.24. The van der Waals surface area contributed by atoms with Crippen LogP contribution in [0.2, 0.25) is 0 Å². The second-order valence-electron chi connectivity index (χ2n) is 8.67. The molecule has 6 aromatic rings. The van der Waals surface area contributed by atoms with E-state index >= 15 is 0 Å². The van der Waals surface area contributed by atoms with Gasteiger partial charge in [0.25, 0.3) is 5.91 Å². The van der Waals surface area contributed by atoms with E-state index in [1.165, 1.54) is 0 Å². The van der Waals surface area contributed by atoms with E-state index in [0.29, 0.717) is 28.8 Å². The van der Waals surface area contributed by atoms with Crippen LogP contribution in [0.25, 0.3) is 28.0 Å². The van der Waals surface area contributed by atoms with E-state index in [1.54, 1.807) is 48.1 Å². The molecule has 1 amide bonds. The van der Waals surface area contributed by atoms with E-state index in [9.17, 15) is 4.79 Å². The topological polar surface area (TPSA) is 104 Å². The number of hydrogen-bond acceptors (Lipinski definition) is 6. The number of fused-ring (bicyclic) bond motifs is 1. The number of nitrogens with zero attached hydrogens (tertiary/aromatic N) is 6. The van der Waals surface area contributed by atoms with Gasteiger partial charge in [0.2, 0.25) is 0 Å². The van der Waals surface area contributed by atoms with E-state index in [2.05, 4.69) is 20.4 Å². The molecule has 1 atom stereocenters. The molecule has 5 heterocycles. The molecular weight excluding hydrogens is 466 g/mol. The number of benzene rings is 1. The smallest absolute Gasteiger partial charge is 0.252 e. The molecule has 0 saturated heterocycles. The van der Waals surface area contributed by atoms with Crippen LogP contribution in [0.5, 0.6) is 0 Å². The van der Waals surface area contributed by atoms with Crippen molar-refractivity contribution in [3.8, 4) is 16.9 Å². The lowest BCUT2D eigenvalue weighted by molar-refractivity contribution is 0.0941. The molecule has 9 heteroatoms. The summed E-state index contributed by atoms with van der Waals surface area (Å²) in [4.78, 5) is 26.7. The Bertz CT molecular complexity index is 1640. The predicted octanol–water partition coefficient (Wildman–Crippen LogP) is 4.81. The van der Waals surface area contributed by atoms with E-state index in [1.807, 2.05) is 66.2 Å². The Balaban J connectivity index is 1.33. The van der Waals surface area contributed by atoms with Crippen LogP contribution in [-0.2, 0) is 6.54 Å². The summed E-state index contributed by atoms with van der Waals surface area (Å²) in [7, 11) is 0. The Morgan fingerprint density at radius 3 is 2.68 bits per heavy atom. The van der Waals surface area contributed by atoms with Crippen LogP contribution in [0.15, 0.2) is 103 Å². The molecule has 0 saturated carbocycles. The first-order chi connectivity index (χ1) is 18.2. The van der Waals surface area contributed by atoms with Crippen LogP contribution in [0.3, 0.4) is 0 Å². The maximum Gasteiger partial charge on any atom is 0.252 e. The van der Waals surface area contributed by atoms with Crippen LogP contribution in [0.4, 0.5) is 0 Å². The van der Waals surface area contributed by atoms with Gasteiger partial charge < -0.3 is 14.3 Å². The Kier molecular flexibility index (Phi) is 5.78. The first kappa shape index (κ1) is 22.4. The monoisotopic (exact) mass is 489 g/mol. The van der Waals surface area contributed by atoms with Gasteiger partial charge in [-0.1, -0.05) is 12.1 Å². The number of amides is 1. The van der Waals surface area contributed by atoms with Crippen molar-refractivity contribution >= 4 is 16.9 Å². The SMILES string of the molecule is CC(NC(=O)c1cc(-c2cccnc2)nc2c1cnn2Cc1ccco1)c1ccc(-n2ccnc2)cc1. The highest BCUT2D eigenvalue weighted by Gasteiger charge is 2.20. The standard InChI is InChI=1S/C28H23N7O2/c1-19(20-6-8-22(9-7-20)34-12-11-30-18-34)32-28(36)24-14-26(21-4-2-10-29-15-21)33-27-25(24)16-31-35(27)17-23-5-3-13-37-23/h2-16,18-19H,17H2,1H3,(H,32,36). The Labute approximate surface area is 212 Å². The number of nitrogens with one attached hydrogen (secondary N) is 1. The van der Waals surface area contributed by atoms with Crippen molar-refractivity contribution in [2.45, 2.75) is 19.5 Å². The molecule has 0 radical (unpaired) electrons. The van der Waals surface area contributed by atoms with Crippen LogP contribution >= 0.6 is 0 Å². The molecule has 1 aromatic carbocycles. The van der Waals surface area contributed by atoms with Crippen molar-refractivity contribution in [1.82, 2.24) is 34.6 Å². The third-order valence-electron chi connectivity index (χ3n) is 6.24. The van der Waals surface area contributed by atoms with Crippen molar-refractivity contribution in [3.05, 3.63) is 115 Å². The van der Waals surface area contributed by atoms with Crippen molar-refractivity contribution in [2.24, 2.45) is 0 Å². The maximum atomic E-state index is 13.6. The Morgan fingerprint density at radius 1 is 1.05 bits per heavy atom. The largest absolute Gasteiger partial charge is 0.467 e. The van der Waals surface area contributed by atoms with Gasteiger partial charge in [0.1, 0.15) is 12.3 Å². The normalized spacial score (nSPS) is 12.0. The summed E-state index contributed by atoms with van der Waals surface area (Å²) in [5.41, 5.74) is 4.54. The molecule has 0 bridgehead atoms. The number of pyridine rings is 2. The second-order valence-corrected chi connectivity index (χ2v) is 8.67. The average Bonchev–Trinajstić information content (AvgIpc) is 3.72. The highest BCUT2D eigenvalue weighted by Crippen LogP contribution is 2.26.